The molecule has 0 aromatic heterocycles. The van der Waals surface area contributed by atoms with Crippen LogP contribution in [0.5, 0.6) is 0 Å². The van der Waals surface area contributed by atoms with Crippen molar-refractivity contribution < 1.29 is 14.3 Å². The van der Waals surface area contributed by atoms with E-state index in [-0.39, 0.29) is 5.78 Å². The smallest absolute Gasteiger partial charge is 0.153 e. The van der Waals surface area contributed by atoms with Crippen LogP contribution in [0.1, 0.15) is 32.1 Å². The van der Waals surface area contributed by atoms with Crippen molar-refractivity contribution in [3.63, 3.8) is 0 Å². The molecule has 0 radical (unpaired) electrons. The summed E-state index contributed by atoms with van der Waals surface area (Å²) in [4.78, 5) is 11.6. The monoisotopic (exact) mass is 225 g/mol. The topological polar surface area (TPSA) is 59.3 Å². The maximum atomic E-state index is 11.6. The van der Waals surface area contributed by atoms with E-state index in [0.717, 1.165) is 12.8 Å². The first-order valence-electron chi connectivity index (χ1n) is 5.76. The number of methoxy groups -OCH3 is 1. The number of ketones is 1. The van der Waals surface area contributed by atoms with E-state index in [9.17, 15) is 4.79 Å². The van der Waals surface area contributed by atoms with Crippen molar-refractivity contribution in [2.24, 2.45) is 5.41 Å². The average Bonchev–Trinajstić information content (AvgIpc) is 2.66. The summed E-state index contributed by atoms with van der Waals surface area (Å²) in [5.41, 5.74) is -0.749. The van der Waals surface area contributed by atoms with E-state index in [4.69, 9.17) is 14.7 Å². The first kappa shape index (κ1) is 13.1. The van der Waals surface area contributed by atoms with Gasteiger partial charge in [0, 0.05) is 33.4 Å². The molecular formula is C12H19NO3. The minimum atomic E-state index is -0.749. The zero-order valence-electron chi connectivity index (χ0n) is 9.83. The van der Waals surface area contributed by atoms with Gasteiger partial charge in [0.25, 0.3) is 0 Å². The number of nitriles is 1. The molecule has 0 spiro atoms. The lowest BCUT2D eigenvalue weighted by Crippen LogP contribution is -2.25. The van der Waals surface area contributed by atoms with Crippen LogP contribution in [0.15, 0.2) is 0 Å². The van der Waals surface area contributed by atoms with Gasteiger partial charge in [-0.3, -0.25) is 4.79 Å². The van der Waals surface area contributed by atoms with Crippen LogP contribution >= 0.6 is 0 Å². The van der Waals surface area contributed by atoms with Gasteiger partial charge in [0.15, 0.2) is 5.78 Å². The molecule has 0 amide bonds. The first-order chi connectivity index (χ1) is 7.75. The minimum Gasteiger partial charge on any atom is -0.385 e. The number of nitrogens with zero attached hydrogens (tertiary/aromatic N) is 1. The number of rotatable bonds is 7. The molecule has 0 bridgehead atoms. The second-order valence-corrected chi connectivity index (χ2v) is 4.18. The molecule has 0 aromatic rings. The predicted octanol–water partition coefficient (Wildman–Crippen LogP) is 1.69. The van der Waals surface area contributed by atoms with Crippen molar-refractivity contribution in [3.05, 3.63) is 0 Å². The Morgan fingerprint density at radius 2 is 2.25 bits per heavy atom. The van der Waals surface area contributed by atoms with Crippen LogP contribution in [0.25, 0.3) is 0 Å². The summed E-state index contributed by atoms with van der Waals surface area (Å²) in [5, 5.41) is 9.08. The average molecular weight is 225 g/mol. The molecule has 0 aromatic carbocycles. The van der Waals surface area contributed by atoms with Gasteiger partial charge < -0.3 is 9.47 Å². The number of carbonyl (C=O) groups is 1. The molecule has 0 saturated heterocycles. The summed E-state index contributed by atoms with van der Waals surface area (Å²) in [6.07, 6.45) is 3.48. The quantitative estimate of drug-likeness (QED) is 0.619. The number of carbonyl (C=O) groups excluding carboxylic acids is 1. The molecule has 1 saturated carbocycles. The summed E-state index contributed by atoms with van der Waals surface area (Å²) in [7, 11) is 1.65. The van der Waals surface area contributed by atoms with Crippen LogP contribution in [-0.4, -0.2) is 32.7 Å². The summed E-state index contributed by atoms with van der Waals surface area (Å²) in [6.45, 7) is 1.80. The molecule has 4 nitrogen and oxygen atoms in total. The van der Waals surface area contributed by atoms with Gasteiger partial charge in [-0.1, -0.05) is 0 Å². The van der Waals surface area contributed by atoms with Crippen molar-refractivity contribution in [1.82, 2.24) is 0 Å². The van der Waals surface area contributed by atoms with Crippen molar-refractivity contribution in [1.29, 1.82) is 5.26 Å². The fraction of sp³-hybridized carbons (Fsp3) is 0.833. The van der Waals surface area contributed by atoms with Gasteiger partial charge in [0.1, 0.15) is 5.41 Å². The van der Waals surface area contributed by atoms with Crippen molar-refractivity contribution in [2.75, 3.05) is 26.9 Å². The van der Waals surface area contributed by atoms with E-state index >= 15 is 0 Å². The zero-order chi connectivity index (χ0) is 11.9. The maximum Gasteiger partial charge on any atom is 0.153 e. The third-order valence-electron chi connectivity index (χ3n) is 3.07. The maximum absolute atomic E-state index is 11.6. The normalized spacial score (nSPS) is 24.6. The van der Waals surface area contributed by atoms with E-state index in [1.54, 1.807) is 7.11 Å². The molecule has 1 unspecified atom stereocenters. The van der Waals surface area contributed by atoms with Crippen molar-refractivity contribution in [3.8, 4) is 6.07 Å². The zero-order valence-corrected chi connectivity index (χ0v) is 9.83. The first-order valence-corrected chi connectivity index (χ1v) is 5.76. The van der Waals surface area contributed by atoms with Crippen molar-refractivity contribution in [2.45, 2.75) is 32.1 Å². The Hall–Kier alpha value is -0.920. The third kappa shape index (κ3) is 3.29. The number of hydrogen-bond acceptors (Lipinski definition) is 4. The van der Waals surface area contributed by atoms with E-state index in [2.05, 4.69) is 6.07 Å². The SMILES string of the molecule is COCCCOCCC1(C#N)CCCC1=O. The van der Waals surface area contributed by atoms with E-state index < -0.39 is 5.41 Å². The van der Waals surface area contributed by atoms with Gasteiger partial charge in [0.2, 0.25) is 0 Å². The summed E-state index contributed by atoms with van der Waals surface area (Å²) in [5.74, 6) is 0.0930. The van der Waals surface area contributed by atoms with Gasteiger partial charge in [-0.25, -0.2) is 0 Å². The molecule has 0 heterocycles. The Kier molecular flexibility index (Phi) is 5.44. The molecule has 4 heteroatoms. The van der Waals surface area contributed by atoms with Gasteiger partial charge in [0.05, 0.1) is 6.07 Å². The van der Waals surface area contributed by atoms with Crippen LogP contribution in [0, 0.1) is 16.7 Å². The highest BCUT2D eigenvalue weighted by atomic mass is 16.5. The Bertz CT molecular complexity index is 272. The number of Topliss-reactive ketones (excluding diaryl/α,β-unsaturated/α-hetero) is 1. The highest BCUT2D eigenvalue weighted by Crippen LogP contribution is 2.37. The molecule has 16 heavy (non-hydrogen) atoms. The number of hydrogen-bond donors (Lipinski definition) is 0. The van der Waals surface area contributed by atoms with Crippen LogP contribution in [-0.2, 0) is 14.3 Å². The molecule has 1 atom stereocenters. The molecule has 0 N–H and O–H groups in total. The molecule has 90 valence electrons. The molecule has 1 fully saturated rings. The molecule has 0 aliphatic heterocycles. The van der Waals surface area contributed by atoms with Crippen LogP contribution in [0.2, 0.25) is 0 Å². The van der Waals surface area contributed by atoms with Crippen molar-refractivity contribution >= 4 is 5.78 Å². The van der Waals surface area contributed by atoms with Crippen LogP contribution < -0.4 is 0 Å². The second-order valence-electron chi connectivity index (χ2n) is 4.18. The number of ether oxygens (including phenoxy) is 2. The van der Waals surface area contributed by atoms with E-state index in [1.807, 2.05) is 0 Å². The molecular weight excluding hydrogens is 206 g/mol. The lowest BCUT2D eigenvalue weighted by Gasteiger charge is -2.18. The molecule has 1 rings (SSSR count). The second kappa shape index (κ2) is 6.62. The standard InChI is InChI=1S/C12H19NO3/c1-15-7-3-8-16-9-6-12(10-13)5-2-4-11(12)14/h2-9H2,1H3. The van der Waals surface area contributed by atoms with E-state index in [0.29, 0.717) is 39.1 Å². The van der Waals surface area contributed by atoms with Gasteiger partial charge in [-0.15, -0.1) is 0 Å². The fourth-order valence-electron chi connectivity index (χ4n) is 2.02. The van der Waals surface area contributed by atoms with Crippen LogP contribution in [0.4, 0.5) is 0 Å². The fourth-order valence-corrected chi connectivity index (χ4v) is 2.02. The Morgan fingerprint density at radius 1 is 1.44 bits per heavy atom. The highest BCUT2D eigenvalue weighted by Gasteiger charge is 2.41. The largest absolute Gasteiger partial charge is 0.385 e. The lowest BCUT2D eigenvalue weighted by atomic mass is 9.84. The van der Waals surface area contributed by atoms with Gasteiger partial charge in [-0.2, -0.15) is 5.26 Å². The summed E-state index contributed by atoms with van der Waals surface area (Å²) < 4.78 is 10.3. The van der Waals surface area contributed by atoms with Gasteiger partial charge >= 0.3 is 0 Å². The minimum absolute atomic E-state index is 0.0930. The summed E-state index contributed by atoms with van der Waals surface area (Å²) in [6, 6.07) is 2.18. The van der Waals surface area contributed by atoms with E-state index in [1.165, 1.54) is 0 Å². The Balaban J connectivity index is 2.20. The van der Waals surface area contributed by atoms with Crippen LogP contribution in [0.3, 0.4) is 0 Å². The highest BCUT2D eigenvalue weighted by molar-refractivity contribution is 5.89. The van der Waals surface area contributed by atoms with Gasteiger partial charge in [-0.05, 0) is 25.7 Å². The summed E-state index contributed by atoms with van der Waals surface area (Å²) >= 11 is 0. The lowest BCUT2D eigenvalue weighted by molar-refractivity contribution is -0.124. The Labute approximate surface area is 96.5 Å². The molecule has 1 aliphatic carbocycles. The molecule has 1 aliphatic rings. The third-order valence-corrected chi connectivity index (χ3v) is 3.07. The Morgan fingerprint density at radius 3 is 2.81 bits per heavy atom. The predicted molar refractivity (Wildman–Crippen MR) is 58.8 cm³/mol.